The number of hydrogen-bond acceptors (Lipinski definition) is 5. The van der Waals surface area contributed by atoms with E-state index in [2.05, 4.69) is 110 Å². The number of nitrogens with zero attached hydrogens (tertiary/aromatic N) is 2. The molecule has 1 fully saturated rings. The number of para-hydroxylation sites is 1. The average molecular weight is 581 g/mol. The first kappa shape index (κ1) is 28.6. The molecule has 4 aliphatic heterocycles. The van der Waals surface area contributed by atoms with Crippen molar-refractivity contribution in [3.63, 3.8) is 0 Å². The Morgan fingerprint density at radius 3 is 2.26 bits per heavy atom. The number of benzene rings is 3. The molecule has 3 aromatic rings. The van der Waals surface area contributed by atoms with Crippen LogP contribution in [-0.4, -0.2) is 72.1 Å². The average Bonchev–Trinajstić information content (AvgIpc) is 3.69. The van der Waals surface area contributed by atoms with E-state index >= 15 is 0 Å². The number of fused-ring (bicyclic) bond motifs is 1. The van der Waals surface area contributed by atoms with Crippen molar-refractivity contribution in [1.29, 1.82) is 0 Å². The van der Waals surface area contributed by atoms with Crippen LogP contribution in [0.1, 0.15) is 18.4 Å². The van der Waals surface area contributed by atoms with Gasteiger partial charge < -0.3 is 14.8 Å². The summed E-state index contributed by atoms with van der Waals surface area (Å²) in [5.41, 5.74) is 3.53. The molecule has 0 aliphatic carbocycles. The molecular weight excluding hydrogens is 542 g/mol. The summed E-state index contributed by atoms with van der Waals surface area (Å²) in [4.78, 5) is 15.0. The van der Waals surface area contributed by atoms with Gasteiger partial charge in [-0.3, -0.25) is 4.79 Å². The maximum atomic E-state index is 13.8. The summed E-state index contributed by atoms with van der Waals surface area (Å²) in [6, 6.07) is 31.7. The van der Waals surface area contributed by atoms with Crippen LogP contribution in [0.3, 0.4) is 0 Å². The lowest BCUT2D eigenvalue weighted by Gasteiger charge is -2.31. The standard InChI is InChI=1S/C33H31N3O2S.C2H6O/c37-32(34-25-17-20-35(21-18-25)39-27-14-8-3-9-15-27)31-28-23-36(26-12-6-2-7-13-26)30(22-24-10-4-1-5-11-24)33(28)19-16-29(31)38-33;1-3-2/h1-16,19,23,25,29-30H,17-18,20-22H2;1-2H3/p+1. The van der Waals surface area contributed by atoms with Crippen molar-refractivity contribution in [3.8, 4) is 0 Å². The maximum Gasteiger partial charge on any atom is 0.251 e. The smallest absolute Gasteiger partial charge is 0.251 e. The molecule has 7 rings (SSSR count). The summed E-state index contributed by atoms with van der Waals surface area (Å²) in [7, 11) is 3.25. The fraction of sp³-hybridized carbons (Fsp3) is 0.314. The van der Waals surface area contributed by atoms with Gasteiger partial charge >= 0.3 is 0 Å². The van der Waals surface area contributed by atoms with E-state index in [-0.39, 0.29) is 24.1 Å². The van der Waals surface area contributed by atoms with Crippen LogP contribution >= 0.6 is 11.9 Å². The first-order chi connectivity index (χ1) is 20.6. The number of piperidine rings is 1. The number of rotatable bonds is 7. The SMILES string of the molecule is COC.O=C(NC1CCN(Sc2ccccc2)CC1)C1=C2C=[N+](c3ccccc3)C(Cc3ccccc3)C23C=CC1O3. The van der Waals surface area contributed by atoms with Gasteiger partial charge in [0.15, 0.2) is 17.9 Å². The van der Waals surface area contributed by atoms with Gasteiger partial charge in [0.25, 0.3) is 5.91 Å². The lowest BCUT2D eigenvalue weighted by atomic mass is 9.82. The summed E-state index contributed by atoms with van der Waals surface area (Å²) >= 11 is 1.80. The number of carbonyl (C=O) groups is 1. The molecule has 3 aromatic carbocycles. The van der Waals surface area contributed by atoms with Crippen molar-refractivity contribution >= 4 is 29.8 Å². The van der Waals surface area contributed by atoms with Crippen LogP contribution in [0.2, 0.25) is 0 Å². The molecule has 3 unspecified atom stereocenters. The normalized spacial score (nSPS) is 24.7. The van der Waals surface area contributed by atoms with Crippen LogP contribution in [0, 0.1) is 0 Å². The number of ether oxygens (including phenoxy) is 2. The predicted molar refractivity (Wildman–Crippen MR) is 168 cm³/mol. The third-order valence-electron chi connectivity index (χ3n) is 8.27. The first-order valence-corrected chi connectivity index (χ1v) is 15.4. The minimum atomic E-state index is -0.612. The summed E-state index contributed by atoms with van der Waals surface area (Å²) in [6.45, 7) is 1.90. The van der Waals surface area contributed by atoms with E-state index in [1.807, 2.05) is 18.2 Å². The first-order valence-electron chi connectivity index (χ1n) is 14.6. The minimum absolute atomic E-state index is 0.0139. The van der Waals surface area contributed by atoms with Crippen molar-refractivity contribution in [1.82, 2.24) is 9.62 Å². The van der Waals surface area contributed by atoms with Crippen LogP contribution in [-0.2, 0) is 20.7 Å². The number of nitrogens with one attached hydrogen (secondary N) is 1. The molecule has 0 aromatic heterocycles. The highest BCUT2D eigenvalue weighted by Gasteiger charge is 2.63. The molecule has 4 aliphatic rings. The molecule has 3 atom stereocenters. The Balaban J connectivity index is 0.00000101. The van der Waals surface area contributed by atoms with Gasteiger partial charge in [-0.2, -0.15) is 4.58 Å². The van der Waals surface area contributed by atoms with Crippen LogP contribution < -0.4 is 5.32 Å². The second kappa shape index (κ2) is 12.8. The molecule has 42 heavy (non-hydrogen) atoms. The van der Waals surface area contributed by atoms with Crippen molar-refractivity contribution in [2.24, 2.45) is 0 Å². The topological polar surface area (TPSA) is 53.8 Å². The van der Waals surface area contributed by atoms with Crippen molar-refractivity contribution in [3.05, 3.63) is 120 Å². The van der Waals surface area contributed by atoms with Gasteiger partial charge in [0.2, 0.25) is 5.69 Å². The molecule has 1 N–H and O–H groups in total. The largest absolute Gasteiger partial charge is 0.388 e. The van der Waals surface area contributed by atoms with Gasteiger partial charge in [0.05, 0.1) is 11.1 Å². The zero-order valence-corrected chi connectivity index (χ0v) is 25.0. The van der Waals surface area contributed by atoms with E-state index in [1.54, 1.807) is 26.2 Å². The third kappa shape index (κ3) is 5.75. The molecule has 6 nitrogen and oxygen atoms in total. The lowest BCUT2D eigenvalue weighted by Crippen LogP contribution is -2.44. The quantitative estimate of drug-likeness (QED) is 0.225. The summed E-state index contributed by atoms with van der Waals surface area (Å²) in [6.07, 6.45) is 8.85. The molecule has 2 bridgehead atoms. The van der Waals surface area contributed by atoms with E-state index in [4.69, 9.17) is 4.74 Å². The highest BCUT2D eigenvalue weighted by atomic mass is 32.2. The predicted octanol–water partition coefficient (Wildman–Crippen LogP) is 5.58. The summed E-state index contributed by atoms with van der Waals surface area (Å²) in [5, 5.41) is 3.37. The number of methoxy groups -OCH3 is 1. The van der Waals surface area contributed by atoms with Gasteiger partial charge in [-0.25, -0.2) is 4.31 Å². The molecule has 0 radical (unpaired) electrons. The maximum absolute atomic E-state index is 13.8. The van der Waals surface area contributed by atoms with Crippen LogP contribution in [0.4, 0.5) is 5.69 Å². The van der Waals surface area contributed by atoms with E-state index < -0.39 is 5.60 Å². The second-order valence-corrected chi connectivity index (χ2v) is 12.3. The van der Waals surface area contributed by atoms with Crippen LogP contribution in [0.25, 0.3) is 0 Å². The molecule has 1 amide bonds. The third-order valence-corrected chi connectivity index (χ3v) is 9.38. The molecule has 0 saturated carbocycles. The molecule has 4 heterocycles. The van der Waals surface area contributed by atoms with Crippen molar-refractivity contribution in [2.45, 2.75) is 47.9 Å². The lowest BCUT2D eigenvalue weighted by molar-refractivity contribution is -0.488. The van der Waals surface area contributed by atoms with E-state index in [1.165, 1.54) is 10.5 Å². The van der Waals surface area contributed by atoms with Gasteiger partial charge in [0, 0.05) is 56.8 Å². The fourth-order valence-electron chi connectivity index (χ4n) is 6.34. The van der Waals surface area contributed by atoms with Crippen molar-refractivity contribution < 1.29 is 18.8 Å². The Kier molecular flexibility index (Phi) is 8.72. The Bertz CT molecular complexity index is 1470. The number of hydrogen-bond donors (Lipinski definition) is 1. The van der Waals surface area contributed by atoms with E-state index in [9.17, 15) is 4.79 Å². The number of carbonyl (C=O) groups excluding carboxylic acids is 1. The Morgan fingerprint density at radius 1 is 0.976 bits per heavy atom. The Hall–Kier alpha value is -3.49. The minimum Gasteiger partial charge on any atom is -0.388 e. The Labute approximate surface area is 252 Å². The molecular formula is C35H38N3O3S+. The van der Waals surface area contributed by atoms with E-state index in [0.717, 1.165) is 49.2 Å². The zero-order chi connectivity index (χ0) is 28.9. The van der Waals surface area contributed by atoms with Gasteiger partial charge in [-0.05, 0) is 48.6 Å². The number of amides is 1. The highest BCUT2D eigenvalue weighted by Crippen LogP contribution is 2.50. The molecule has 7 heteroatoms. The summed E-state index contributed by atoms with van der Waals surface area (Å²) < 4.78 is 15.7. The van der Waals surface area contributed by atoms with Gasteiger partial charge in [0.1, 0.15) is 6.10 Å². The Morgan fingerprint density at radius 2 is 1.60 bits per heavy atom. The van der Waals surface area contributed by atoms with Crippen molar-refractivity contribution in [2.75, 3.05) is 27.3 Å². The zero-order valence-electron chi connectivity index (χ0n) is 24.2. The van der Waals surface area contributed by atoms with Gasteiger partial charge in [-0.15, -0.1) is 0 Å². The molecule has 1 saturated heterocycles. The van der Waals surface area contributed by atoms with Crippen LogP contribution in [0.5, 0.6) is 0 Å². The molecule has 1 spiro atoms. The second-order valence-electron chi connectivity index (χ2n) is 11.1. The fourth-order valence-corrected chi connectivity index (χ4v) is 7.32. The monoisotopic (exact) mass is 580 g/mol. The van der Waals surface area contributed by atoms with Gasteiger partial charge in [-0.1, -0.05) is 72.8 Å². The molecule has 216 valence electrons. The van der Waals surface area contributed by atoms with Crippen LogP contribution in [0.15, 0.2) is 119 Å². The van der Waals surface area contributed by atoms with E-state index in [0.29, 0.717) is 0 Å². The highest BCUT2D eigenvalue weighted by molar-refractivity contribution is 7.97. The summed E-state index contributed by atoms with van der Waals surface area (Å²) in [5.74, 6) is 0.0139.